The van der Waals surface area contributed by atoms with E-state index in [2.05, 4.69) is 20.8 Å². The third-order valence-corrected chi connectivity index (χ3v) is 2.48. The topological polar surface area (TPSA) is 26.3 Å². The van der Waals surface area contributed by atoms with Crippen LogP contribution in [0.15, 0.2) is 12.3 Å². The van der Waals surface area contributed by atoms with Crippen LogP contribution >= 0.6 is 0 Å². The van der Waals surface area contributed by atoms with E-state index in [9.17, 15) is 4.79 Å². The SMILES string of the molecule is CCCC(C)(C)C/C=C/OC(=O)C(C)(C)C. The molecule has 0 radical (unpaired) electrons. The lowest BCUT2D eigenvalue weighted by molar-refractivity contribution is -0.146. The zero-order valence-electron chi connectivity index (χ0n) is 11.6. The van der Waals surface area contributed by atoms with Gasteiger partial charge in [0.1, 0.15) is 0 Å². The average Bonchev–Trinajstić information content (AvgIpc) is 2.10. The van der Waals surface area contributed by atoms with Crippen LogP contribution in [0, 0.1) is 10.8 Å². The Morgan fingerprint density at radius 1 is 1.19 bits per heavy atom. The molecule has 2 heteroatoms. The minimum Gasteiger partial charge on any atom is -0.434 e. The Balaban J connectivity index is 4.00. The minimum atomic E-state index is -0.427. The lowest BCUT2D eigenvalue weighted by atomic mass is 9.85. The Labute approximate surface area is 100 Å². The van der Waals surface area contributed by atoms with Crippen molar-refractivity contribution in [1.82, 2.24) is 0 Å². The summed E-state index contributed by atoms with van der Waals surface area (Å²) in [7, 11) is 0. The maximum absolute atomic E-state index is 11.4. The van der Waals surface area contributed by atoms with E-state index in [0.29, 0.717) is 5.41 Å². The summed E-state index contributed by atoms with van der Waals surface area (Å²) >= 11 is 0. The average molecular weight is 226 g/mol. The van der Waals surface area contributed by atoms with Crippen LogP contribution in [0.3, 0.4) is 0 Å². The predicted molar refractivity (Wildman–Crippen MR) is 68.0 cm³/mol. The summed E-state index contributed by atoms with van der Waals surface area (Å²) in [5.74, 6) is -0.183. The number of hydrogen-bond acceptors (Lipinski definition) is 2. The summed E-state index contributed by atoms with van der Waals surface area (Å²) in [5.41, 5.74) is -0.136. The van der Waals surface area contributed by atoms with Crippen molar-refractivity contribution < 1.29 is 9.53 Å². The van der Waals surface area contributed by atoms with Crippen molar-refractivity contribution >= 4 is 5.97 Å². The van der Waals surface area contributed by atoms with Crippen LogP contribution in [0.4, 0.5) is 0 Å². The Morgan fingerprint density at radius 2 is 1.75 bits per heavy atom. The first-order valence-electron chi connectivity index (χ1n) is 6.05. The van der Waals surface area contributed by atoms with E-state index in [1.165, 1.54) is 19.1 Å². The van der Waals surface area contributed by atoms with Crippen molar-refractivity contribution in [3.05, 3.63) is 12.3 Å². The van der Waals surface area contributed by atoms with Gasteiger partial charge >= 0.3 is 5.97 Å². The quantitative estimate of drug-likeness (QED) is 0.516. The van der Waals surface area contributed by atoms with Crippen molar-refractivity contribution in [2.75, 3.05) is 0 Å². The van der Waals surface area contributed by atoms with E-state index in [4.69, 9.17) is 4.74 Å². The molecule has 0 N–H and O–H groups in total. The van der Waals surface area contributed by atoms with Crippen LogP contribution in [0.25, 0.3) is 0 Å². The third-order valence-electron chi connectivity index (χ3n) is 2.48. The highest BCUT2D eigenvalue weighted by Gasteiger charge is 2.22. The molecule has 0 saturated heterocycles. The molecule has 0 aromatic rings. The highest BCUT2D eigenvalue weighted by Crippen LogP contribution is 2.26. The maximum Gasteiger partial charge on any atom is 0.316 e. The molecule has 2 nitrogen and oxygen atoms in total. The Morgan fingerprint density at radius 3 is 2.19 bits per heavy atom. The molecule has 0 aliphatic heterocycles. The number of ether oxygens (including phenoxy) is 1. The van der Waals surface area contributed by atoms with Crippen molar-refractivity contribution in [1.29, 1.82) is 0 Å². The van der Waals surface area contributed by atoms with E-state index in [0.717, 1.165) is 6.42 Å². The Hall–Kier alpha value is -0.790. The summed E-state index contributed by atoms with van der Waals surface area (Å²) in [5, 5.41) is 0. The minimum absolute atomic E-state index is 0.183. The van der Waals surface area contributed by atoms with Gasteiger partial charge in [-0.05, 0) is 45.1 Å². The first-order chi connectivity index (χ1) is 7.19. The van der Waals surface area contributed by atoms with Crippen LogP contribution in [0.5, 0.6) is 0 Å². The second kappa shape index (κ2) is 6.07. The number of carbonyl (C=O) groups excluding carboxylic acids is 1. The molecule has 0 aromatic heterocycles. The second-order valence-electron chi connectivity index (χ2n) is 6.15. The summed E-state index contributed by atoms with van der Waals surface area (Å²) in [6, 6.07) is 0. The van der Waals surface area contributed by atoms with Gasteiger partial charge in [0.15, 0.2) is 0 Å². The molecule has 0 amide bonds. The first-order valence-corrected chi connectivity index (χ1v) is 6.05. The molecule has 0 bridgehead atoms. The molecule has 0 saturated carbocycles. The van der Waals surface area contributed by atoms with Gasteiger partial charge in [0, 0.05) is 0 Å². The molecule has 0 unspecified atom stereocenters. The number of rotatable bonds is 5. The number of esters is 1. The maximum atomic E-state index is 11.4. The normalized spacial score (nSPS) is 13.1. The molecule has 0 rings (SSSR count). The van der Waals surface area contributed by atoms with Crippen LogP contribution in [-0.4, -0.2) is 5.97 Å². The molecule has 0 spiro atoms. The Bertz CT molecular complexity index is 244. The molecule has 0 heterocycles. The van der Waals surface area contributed by atoms with Crippen molar-refractivity contribution in [3.8, 4) is 0 Å². The number of carbonyl (C=O) groups is 1. The molecule has 0 aliphatic rings. The van der Waals surface area contributed by atoms with Crippen LogP contribution in [-0.2, 0) is 9.53 Å². The van der Waals surface area contributed by atoms with Gasteiger partial charge < -0.3 is 4.74 Å². The molecular formula is C14H26O2. The van der Waals surface area contributed by atoms with Gasteiger partial charge in [-0.3, -0.25) is 4.79 Å². The molecule has 0 fully saturated rings. The van der Waals surface area contributed by atoms with E-state index >= 15 is 0 Å². The van der Waals surface area contributed by atoms with Crippen molar-refractivity contribution in [2.45, 2.75) is 60.8 Å². The van der Waals surface area contributed by atoms with Gasteiger partial charge in [-0.2, -0.15) is 0 Å². The van der Waals surface area contributed by atoms with Crippen LogP contribution in [0.2, 0.25) is 0 Å². The fraction of sp³-hybridized carbons (Fsp3) is 0.786. The largest absolute Gasteiger partial charge is 0.434 e. The molecule has 0 aliphatic carbocycles. The summed E-state index contributed by atoms with van der Waals surface area (Å²) in [4.78, 5) is 11.4. The lowest BCUT2D eigenvalue weighted by Crippen LogP contribution is -2.20. The van der Waals surface area contributed by atoms with E-state index in [-0.39, 0.29) is 5.97 Å². The van der Waals surface area contributed by atoms with Gasteiger partial charge in [0.2, 0.25) is 0 Å². The first kappa shape index (κ1) is 15.2. The molecular weight excluding hydrogens is 200 g/mol. The highest BCUT2D eigenvalue weighted by atomic mass is 16.5. The summed E-state index contributed by atoms with van der Waals surface area (Å²) in [6.07, 6.45) is 6.79. The number of hydrogen-bond donors (Lipinski definition) is 0. The molecule has 16 heavy (non-hydrogen) atoms. The fourth-order valence-electron chi connectivity index (χ4n) is 1.43. The monoisotopic (exact) mass is 226 g/mol. The molecule has 0 atom stereocenters. The lowest BCUT2D eigenvalue weighted by Gasteiger charge is -2.21. The summed E-state index contributed by atoms with van der Waals surface area (Å²) in [6.45, 7) is 12.2. The second-order valence-corrected chi connectivity index (χ2v) is 6.15. The zero-order chi connectivity index (χ0) is 12.8. The van der Waals surface area contributed by atoms with E-state index in [1.807, 2.05) is 26.8 Å². The smallest absolute Gasteiger partial charge is 0.316 e. The van der Waals surface area contributed by atoms with Gasteiger partial charge in [-0.15, -0.1) is 0 Å². The highest BCUT2D eigenvalue weighted by molar-refractivity contribution is 5.75. The van der Waals surface area contributed by atoms with Gasteiger partial charge in [-0.25, -0.2) is 0 Å². The van der Waals surface area contributed by atoms with Gasteiger partial charge in [0.25, 0.3) is 0 Å². The third kappa shape index (κ3) is 6.65. The molecule has 94 valence electrons. The van der Waals surface area contributed by atoms with E-state index in [1.54, 1.807) is 0 Å². The standard InChI is InChI=1S/C14H26O2/c1-7-9-14(5,6)10-8-11-16-12(15)13(2,3)4/h8,11H,7,9-10H2,1-6H3/b11-8+. The van der Waals surface area contributed by atoms with Crippen LogP contribution < -0.4 is 0 Å². The fourth-order valence-corrected chi connectivity index (χ4v) is 1.43. The zero-order valence-corrected chi connectivity index (χ0v) is 11.6. The van der Waals surface area contributed by atoms with E-state index < -0.39 is 5.41 Å². The summed E-state index contributed by atoms with van der Waals surface area (Å²) < 4.78 is 5.06. The van der Waals surface area contributed by atoms with Crippen molar-refractivity contribution in [3.63, 3.8) is 0 Å². The predicted octanol–water partition coefficient (Wildman–Crippen LogP) is 4.31. The number of allylic oxidation sites excluding steroid dienone is 1. The van der Waals surface area contributed by atoms with Gasteiger partial charge in [0.05, 0.1) is 11.7 Å². The molecule has 0 aromatic carbocycles. The van der Waals surface area contributed by atoms with Gasteiger partial charge in [-0.1, -0.05) is 27.2 Å². The van der Waals surface area contributed by atoms with Crippen LogP contribution in [0.1, 0.15) is 60.8 Å². The Kier molecular flexibility index (Phi) is 5.77. The van der Waals surface area contributed by atoms with Crippen molar-refractivity contribution in [2.24, 2.45) is 10.8 Å².